The van der Waals surface area contributed by atoms with Gasteiger partial charge >= 0.3 is 0 Å². The third-order valence-electron chi connectivity index (χ3n) is 3.81. The Morgan fingerprint density at radius 1 is 1.18 bits per heavy atom. The second-order valence-electron chi connectivity index (χ2n) is 4.67. The van der Waals surface area contributed by atoms with Crippen LogP contribution in [-0.2, 0) is 12.8 Å². The summed E-state index contributed by atoms with van der Waals surface area (Å²) in [4.78, 5) is 0. The third-order valence-corrected chi connectivity index (χ3v) is 3.81. The average Bonchev–Trinajstić information content (AvgIpc) is 2.92. The molecule has 1 aliphatic heterocycles. The molecule has 1 atom stereocenters. The van der Waals surface area contributed by atoms with Crippen LogP contribution < -0.4 is 4.74 Å². The predicted molar refractivity (Wildman–Crippen MR) is 58.3 cm³/mol. The van der Waals surface area contributed by atoms with Crippen molar-refractivity contribution < 1.29 is 18.6 Å². The van der Waals surface area contributed by atoms with E-state index in [9.17, 15) is 8.78 Å². The minimum Gasteiger partial charge on any atom is -0.490 e. The van der Waals surface area contributed by atoms with Gasteiger partial charge < -0.3 is 9.84 Å². The van der Waals surface area contributed by atoms with E-state index in [0.717, 1.165) is 17.5 Å². The number of fused-ring (bicyclic) bond motifs is 3. The van der Waals surface area contributed by atoms with Crippen LogP contribution >= 0.6 is 0 Å². The smallest absolute Gasteiger partial charge is 0.201 e. The van der Waals surface area contributed by atoms with E-state index in [0.29, 0.717) is 31.4 Å². The second-order valence-corrected chi connectivity index (χ2v) is 4.67. The van der Waals surface area contributed by atoms with Gasteiger partial charge in [0.25, 0.3) is 0 Å². The zero-order chi connectivity index (χ0) is 12.0. The highest BCUT2D eigenvalue weighted by Crippen LogP contribution is 2.45. The first-order valence-electron chi connectivity index (χ1n) is 6.00. The first-order chi connectivity index (χ1) is 8.24. The van der Waals surface area contributed by atoms with Crippen LogP contribution in [0.5, 0.6) is 5.75 Å². The molecule has 2 aliphatic rings. The summed E-state index contributed by atoms with van der Waals surface area (Å²) in [6, 6.07) is 0. The summed E-state index contributed by atoms with van der Waals surface area (Å²) < 4.78 is 32.8. The molecular weight excluding hydrogens is 226 g/mol. The summed E-state index contributed by atoms with van der Waals surface area (Å²) in [5, 5.41) is 9.03. The summed E-state index contributed by atoms with van der Waals surface area (Å²) in [6.07, 6.45) is 2.63. The van der Waals surface area contributed by atoms with Crippen LogP contribution in [0.3, 0.4) is 0 Å². The van der Waals surface area contributed by atoms with Crippen molar-refractivity contribution in [3.8, 4) is 5.75 Å². The highest BCUT2D eigenvalue weighted by Gasteiger charge is 2.35. The van der Waals surface area contributed by atoms with Crippen molar-refractivity contribution in [2.45, 2.75) is 31.6 Å². The van der Waals surface area contributed by atoms with Gasteiger partial charge in [0.05, 0.1) is 6.61 Å². The van der Waals surface area contributed by atoms with Gasteiger partial charge in [-0.2, -0.15) is 4.39 Å². The Labute approximate surface area is 98.2 Å². The second kappa shape index (κ2) is 3.95. The molecular formula is C13H14F2O2. The van der Waals surface area contributed by atoms with Crippen molar-refractivity contribution in [3.05, 3.63) is 28.3 Å². The highest BCUT2D eigenvalue weighted by molar-refractivity contribution is 5.52. The Bertz CT molecular complexity index is 471. The van der Waals surface area contributed by atoms with Gasteiger partial charge in [-0.25, -0.2) is 4.39 Å². The molecule has 0 fully saturated rings. The topological polar surface area (TPSA) is 29.5 Å². The molecule has 2 nitrogen and oxygen atoms in total. The van der Waals surface area contributed by atoms with Gasteiger partial charge in [0.15, 0.2) is 11.6 Å². The Morgan fingerprint density at radius 3 is 2.76 bits per heavy atom. The van der Waals surface area contributed by atoms with Crippen LogP contribution in [0.15, 0.2) is 0 Å². The maximum atomic E-state index is 13.9. The number of benzene rings is 1. The van der Waals surface area contributed by atoms with E-state index in [4.69, 9.17) is 9.84 Å². The molecule has 0 saturated carbocycles. The number of aliphatic hydroxyl groups is 1. The highest BCUT2D eigenvalue weighted by atomic mass is 19.2. The fourth-order valence-electron chi connectivity index (χ4n) is 3.09. The molecule has 0 spiro atoms. The van der Waals surface area contributed by atoms with Gasteiger partial charge in [-0.15, -0.1) is 0 Å². The maximum Gasteiger partial charge on any atom is 0.201 e. The van der Waals surface area contributed by atoms with E-state index in [1.807, 2.05) is 0 Å². The van der Waals surface area contributed by atoms with Crippen LogP contribution in [0, 0.1) is 11.6 Å². The minimum atomic E-state index is -0.833. The van der Waals surface area contributed by atoms with Crippen molar-refractivity contribution in [2.24, 2.45) is 0 Å². The van der Waals surface area contributed by atoms with Gasteiger partial charge in [-0.05, 0) is 36.3 Å². The molecule has 1 aliphatic carbocycles. The van der Waals surface area contributed by atoms with E-state index in [2.05, 4.69) is 0 Å². The lowest BCUT2D eigenvalue weighted by Crippen LogP contribution is -2.03. The fourth-order valence-corrected chi connectivity index (χ4v) is 3.09. The first kappa shape index (κ1) is 11.0. The van der Waals surface area contributed by atoms with Gasteiger partial charge in [0.2, 0.25) is 5.82 Å². The molecule has 1 aromatic rings. The first-order valence-corrected chi connectivity index (χ1v) is 6.00. The Morgan fingerprint density at radius 2 is 2.00 bits per heavy atom. The molecule has 1 N–H and O–H groups in total. The lowest BCUT2D eigenvalue weighted by atomic mass is 9.92. The number of hydrogen-bond donors (Lipinski definition) is 1. The van der Waals surface area contributed by atoms with Crippen LogP contribution in [0.1, 0.15) is 35.4 Å². The minimum absolute atomic E-state index is 0.0821. The van der Waals surface area contributed by atoms with Crippen LogP contribution in [0.25, 0.3) is 0 Å². The number of hydrogen-bond acceptors (Lipinski definition) is 2. The largest absolute Gasteiger partial charge is 0.490 e. The lowest BCUT2D eigenvalue weighted by Gasteiger charge is -2.14. The molecule has 92 valence electrons. The van der Waals surface area contributed by atoms with Crippen LogP contribution in [0.4, 0.5) is 8.78 Å². The average molecular weight is 240 g/mol. The van der Waals surface area contributed by atoms with E-state index >= 15 is 0 Å². The third kappa shape index (κ3) is 1.47. The van der Waals surface area contributed by atoms with Crippen molar-refractivity contribution in [1.82, 2.24) is 0 Å². The molecule has 1 aromatic carbocycles. The monoisotopic (exact) mass is 240 g/mol. The summed E-state index contributed by atoms with van der Waals surface area (Å²) in [6.45, 7) is 0.507. The lowest BCUT2D eigenvalue weighted by molar-refractivity contribution is 0.275. The molecule has 17 heavy (non-hydrogen) atoms. The summed E-state index contributed by atoms with van der Waals surface area (Å²) in [7, 11) is 0. The van der Waals surface area contributed by atoms with E-state index in [-0.39, 0.29) is 18.3 Å². The molecule has 0 bridgehead atoms. The zero-order valence-electron chi connectivity index (χ0n) is 9.43. The molecule has 3 rings (SSSR count). The summed E-state index contributed by atoms with van der Waals surface area (Å²) in [5.41, 5.74) is 2.24. The molecule has 1 heterocycles. The molecule has 0 amide bonds. The standard InChI is InChI=1S/C13H14F2O2/c14-11-8-2-1-7(3-5-16)10(8)9-4-6-17-13(9)12(11)15/h7,16H,1-6H2. The predicted octanol–water partition coefficient (Wildman–Crippen LogP) is 2.31. The number of ether oxygens (including phenoxy) is 1. The van der Waals surface area contributed by atoms with Gasteiger partial charge in [0.1, 0.15) is 0 Å². The van der Waals surface area contributed by atoms with Gasteiger partial charge in [-0.1, -0.05) is 0 Å². The summed E-state index contributed by atoms with van der Waals surface area (Å²) in [5.74, 6) is -1.33. The van der Waals surface area contributed by atoms with Crippen LogP contribution in [0.2, 0.25) is 0 Å². The molecule has 0 saturated heterocycles. The van der Waals surface area contributed by atoms with Crippen molar-refractivity contribution >= 4 is 0 Å². The van der Waals surface area contributed by atoms with Gasteiger partial charge in [-0.3, -0.25) is 0 Å². The van der Waals surface area contributed by atoms with Crippen LogP contribution in [-0.4, -0.2) is 18.3 Å². The molecule has 0 aromatic heterocycles. The number of halogens is 2. The zero-order valence-corrected chi connectivity index (χ0v) is 9.43. The quantitative estimate of drug-likeness (QED) is 0.859. The van der Waals surface area contributed by atoms with Crippen molar-refractivity contribution in [2.75, 3.05) is 13.2 Å². The van der Waals surface area contributed by atoms with Crippen molar-refractivity contribution in [3.63, 3.8) is 0 Å². The molecule has 1 unspecified atom stereocenters. The Hall–Kier alpha value is -1.16. The summed E-state index contributed by atoms with van der Waals surface area (Å²) >= 11 is 0. The van der Waals surface area contributed by atoms with Crippen molar-refractivity contribution in [1.29, 1.82) is 0 Å². The molecule has 0 radical (unpaired) electrons. The molecule has 4 heteroatoms. The fraction of sp³-hybridized carbons (Fsp3) is 0.538. The van der Waals surface area contributed by atoms with E-state index in [1.165, 1.54) is 0 Å². The van der Waals surface area contributed by atoms with E-state index in [1.54, 1.807) is 0 Å². The van der Waals surface area contributed by atoms with Gasteiger partial charge in [0, 0.05) is 18.6 Å². The Balaban J connectivity index is 2.18. The normalized spacial score (nSPS) is 21.2. The number of rotatable bonds is 2. The number of aliphatic hydroxyl groups excluding tert-OH is 1. The van der Waals surface area contributed by atoms with E-state index < -0.39 is 11.6 Å². The maximum absolute atomic E-state index is 13.9. The Kier molecular flexibility index (Phi) is 2.54. The SMILES string of the molecule is OCCC1CCc2c(F)c(F)c3c(c21)CCO3.